The lowest BCUT2D eigenvalue weighted by Gasteiger charge is -2.19. The minimum Gasteiger partial charge on any atom is -0.388 e. The lowest BCUT2D eigenvalue weighted by molar-refractivity contribution is 0.180. The van der Waals surface area contributed by atoms with Gasteiger partial charge in [-0.3, -0.25) is 0 Å². The first-order valence-corrected chi connectivity index (χ1v) is 11.0. The fourth-order valence-corrected chi connectivity index (χ4v) is 4.98. The topological polar surface area (TPSA) is 54.4 Å². The number of hydrogen-bond acceptors (Lipinski definition) is 4. The Balaban J connectivity index is 1.72. The van der Waals surface area contributed by atoms with E-state index in [0.29, 0.717) is 0 Å². The molecule has 5 nitrogen and oxygen atoms in total. The Hall–Kier alpha value is -2.63. The van der Waals surface area contributed by atoms with Crippen LogP contribution >= 0.6 is 0 Å². The largest absolute Gasteiger partial charge is 0.388 e. The number of aliphatic hydroxyl groups excluding tert-OH is 1. The van der Waals surface area contributed by atoms with Crippen LogP contribution in [0.4, 0.5) is 0 Å². The Labute approximate surface area is 176 Å². The standard InChI is InChI=1S/C25H29N3O2/c1-4-27(5-2)12-13-28-22-9-6-17(21-14-16(3)30-26-21)15-20(22)25-19-8-11-24(29)18(19)7-10-23(25)28/h6-7,9-10,14-15,24,29H,4-5,8,11-13H2,1-3H3. The van der Waals surface area contributed by atoms with Gasteiger partial charge in [0.25, 0.3) is 0 Å². The molecule has 5 rings (SSSR count). The lowest BCUT2D eigenvalue weighted by Crippen LogP contribution is -2.26. The summed E-state index contributed by atoms with van der Waals surface area (Å²) < 4.78 is 7.76. The molecule has 4 aromatic rings. The van der Waals surface area contributed by atoms with E-state index >= 15 is 0 Å². The van der Waals surface area contributed by atoms with Gasteiger partial charge in [-0.25, -0.2) is 0 Å². The number of hydrogen-bond donors (Lipinski definition) is 1. The maximum Gasteiger partial charge on any atom is 0.134 e. The molecule has 156 valence electrons. The summed E-state index contributed by atoms with van der Waals surface area (Å²) >= 11 is 0. The van der Waals surface area contributed by atoms with Gasteiger partial charge in [0.2, 0.25) is 0 Å². The van der Waals surface area contributed by atoms with Crippen molar-refractivity contribution >= 4 is 21.8 Å². The molecule has 1 N–H and O–H groups in total. The average Bonchev–Trinajstić information content (AvgIpc) is 3.44. The van der Waals surface area contributed by atoms with Gasteiger partial charge in [-0.2, -0.15) is 0 Å². The lowest BCUT2D eigenvalue weighted by atomic mass is 10.0. The smallest absolute Gasteiger partial charge is 0.134 e. The van der Waals surface area contributed by atoms with Gasteiger partial charge >= 0.3 is 0 Å². The molecule has 2 aromatic heterocycles. The summed E-state index contributed by atoms with van der Waals surface area (Å²) in [7, 11) is 0. The van der Waals surface area contributed by atoms with Crippen molar-refractivity contribution in [3.8, 4) is 11.3 Å². The Bertz CT molecular complexity index is 1220. The van der Waals surface area contributed by atoms with E-state index in [1.165, 1.54) is 27.4 Å². The van der Waals surface area contributed by atoms with Crippen LogP contribution in [0.1, 0.15) is 43.3 Å². The highest BCUT2D eigenvalue weighted by Crippen LogP contribution is 2.41. The maximum absolute atomic E-state index is 10.5. The Kier molecular flexibility index (Phi) is 4.88. The molecule has 0 aliphatic heterocycles. The second-order valence-electron chi connectivity index (χ2n) is 8.32. The summed E-state index contributed by atoms with van der Waals surface area (Å²) in [5, 5.41) is 17.2. The first-order valence-electron chi connectivity index (χ1n) is 11.0. The Morgan fingerprint density at radius 1 is 1.13 bits per heavy atom. The molecule has 0 saturated heterocycles. The van der Waals surface area contributed by atoms with E-state index in [1.54, 1.807) is 0 Å². The van der Waals surface area contributed by atoms with Gasteiger partial charge in [0, 0.05) is 46.5 Å². The van der Waals surface area contributed by atoms with Gasteiger partial charge in [-0.05, 0) is 62.2 Å². The van der Waals surface area contributed by atoms with Gasteiger partial charge in [0.15, 0.2) is 0 Å². The molecule has 0 bridgehead atoms. The molecule has 2 heterocycles. The summed E-state index contributed by atoms with van der Waals surface area (Å²) in [5.41, 5.74) is 6.84. The molecular formula is C25H29N3O2. The zero-order chi connectivity index (χ0) is 20.8. The number of aryl methyl sites for hydroxylation is 2. The van der Waals surface area contributed by atoms with E-state index in [0.717, 1.165) is 61.6 Å². The quantitative estimate of drug-likeness (QED) is 0.488. The van der Waals surface area contributed by atoms with Crippen LogP contribution in [0.2, 0.25) is 0 Å². The van der Waals surface area contributed by atoms with Crippen LogP contribution < -0.4 is 0 Å². The van der Waals surface area contributed by atoms with E-state index in [2.05, 4.69) is 58.8 Å². The number of benzene rings is 2. The first kappa shape index (κ1) is 19.3. The third-order valence-electron chi connectivity index (χ3n) is 6.66. The van der Waals surface area contributed by atoms with Gasteiger partial charge < -0.3 is 19.1 Å². The second kappa shape index (κ2) is 7.56. The van der Waals surface area contributed by atoms with Crippen LogP contribution in [0.3, 0.4) is 0 Å². The van der Waals surface area contributed by atoms with E-state index in [1.807, 2.05) is 13.0 Å². The third kappa shape index (κ3) is 3.04. The molecule has 1 aliphatic carbocycles. The summed E-state index contributed by atoms with van der Waals surface area (Å²) in [5.74, 6) is 0.816. The molecule has 0 fully saturated rings. The van der Waals surface area contributed by atoms with E-state index in [4.69, 9.17) is 4.52 Å². The van der Waals surface area contributed by atoms with Crippen LogP contribution in [-0.2, 0) is 13.0 Å². The number of rotatable bonds is 6. The summed E-state index contributed by atoms with van der Waals surface area (Å²) in [4.78, 5) is 2.46. The Morgan fingerprint density at radius 2 is 1.93 bits per heavy atom. The highest BCUT2D eigenvalue weighted by Gasteiger charge is 2.25. The number of fused-ring (bicyclic) bond motifs is 5. The predicted molar refractivity (Wildman–Crippen MR) is 121 cm³/mol. The Morgan fingerprint density at radius 3 is 2.67 bits per heavy atom. The van der Waals surface area contributed by atoms with Crippen LogP contribution in [0, 0.1) is 6.92 Å². The number of aromatic nitrogens is 2. The molecule has 30 heavy (non-hydrogen) atoms. The second-order valence-corrected chi connectivity index (χ2v) is 8.32. The highest BCUT2D eigenvalue weighted by atomic mass is 16.5. The van der Waals surface area contributed by atoms with Crippen molar-refractivity contribution in [1.29, 1.82) is 0 Å². The van der Waals surface area contributed by atoms with E-state index in [-0.39, 0.29) is 6.10 Å². The molecule has 1 aliphatic rings. The van der Waals surface area contributed by atoms with E-state index in [9.17, 15) is 5.11 Å². The molecule has 1 atom stereocenters. The molecular weight excluding hydrogens is 374 g/mol. The number of nitrogens with zero attached hydrogens (tertiary/aromatic N) is 3. The van der Waals surface area contributed by atoms with Crippen LogP contribution in [-0.4, -0.2) is 39.4 Å². The van der Waals surface area contributed by atoms with Crippen LogP contribution in [0.15, 0.2) is 40.9 Å². The van der Waals surface area contributed by atoms with Crippen LogP contribution in [0.5, 0.6) is 0 Å². The summed E-state index contributed by atoms with van der Waals surface area (Å²) in [6.07, 6.45) is 1.39. The SMILES string of the molecule is CCN(CC)CCn1c2ccc(-c3cc(C)on3)cc2c2c3c(ccc21)C(O)CC3. The summed E-state index contributed by atoms with van der Waals surface area (Å²) in [6, 6.07) is 12.9. The summed E-state index contributed by atoms with van der Waals surface area (Å²) in [6.45, 7) is 10.4. The highest BCUT2D eigenvalue weighted by molar-refractivity contribution is 6.11. The van der Waals surface area contributed by atoms with Crippen LogP contribution in [0.25, 0.3) is 33.1 Å². The minimum absolute atomic E-state index is 0.347. The molecule has 0 spiro atoms. The normalized spacial score (nSPS) is 16.2. The van der Waals surface area contributed by atoms with Gasteiger partial charge in [-0.15, -0.1) is 0 Å². The molecule has 0 radical (unpaired) electrons. The number of likely N-dealkylation sites (N-methyl/N-ethyl adjacent to an activating group) is 1. The third-order valence-corrected chi connectivity index (χ3v) is 6.66. The first-order chi connectivity index (χ1) is 14.6. The zero-order valence-electron chi connectivity index (χ0n) is 18.0. The molecule has 0 amide bonds. The van der Waals surface area contributed by atoms with Crippen molar-refractivity contribution in [1.82, 2.24) is 14.6 Å². The minimum atomic E-state index is -0.347. The predicted octanol–water partition coefficient (Wildman–Crippen LogP) is 5.08. The molecule has 5 heteroatoms. The fourth-order valence-electron chi connectivity index (χ4n) is 4.98. The van der Waals surface area contributed by atoms with Gasteiger partial charge in [-0.1, -0.05) is 31.1 Å². The van der Waals surface area contributed by atoms with Crippen molar-refractivity contribution in [2.24, 2.45) is 0 Å². The van der Waals surface area contributed by atoms with Gasteiger partial charge in [0.1, 0.15) is 11.5 Å². The monoisotopic (exact) mass is 403 g/mol. The number of aliphatic hydroxyl groups is 1. The van der Waals surface area contributed by atoms with E-state index < -0.39 is 0 Å². The average molecular weight is 404 g/mol. The van der Waals surface area contributed by atoms with Crippen molar-refractivity contribution in [2.45, 2.75) is 46.3 Å². The van der Waals surface area contributed by atoms with Crippen molar-refractivity contribution in [3.63, 3.8) is 0 Å². The fraction of sp³-hybridized carbons (Fsp3) is 0.400. The maximum atomic E-state index is 10.5. The van der Waals surface area contributed by atoms with Crippen molar-refractivity contribution < 1.29 is 9.63 Å². The molecule has 0 saturated carbocycles. The van der Waals surface area contributed by atoms with Gasteiger partial charge in [0.05, 0.1) is 6.10 Å². The van der Waals surface area contributed by atoms with Crippen molar-refractivity contribution in [3.05, 3.63) is 53.3 Å². The van der Waals surface area contributed by atoms with Crippen molar-refractivity contribution in [2.75, 3.05) is 19.6 Å². The molecule has 1 unspecified atom stereocenters. The zero-order valence-corrected chi connectivity index (χ0v) is 18.0. The molecule has 2 aromatic carbocycles.